The average Bonchev–Trinajstić information content (AvgIpc) is 4.04. The Labute approximate surface area is 346 Å². The van der Waals surface area contributed by atoms with Crippen molar-refractivity contribution in [2.45, 2.75) is 119 Å². The Kier molecular flexibility index (Phi) is 10.7. The van der Waals surface area contributed by atoms with E-state index < -0.39 is 74.5 Å². The fraction of sp³-hybridized carbons (Fsp3) is 0.488. The van der Waals surface area contributed by atoms with E-state index in [4.69, 9.17) is 19.6 Å². The zero-order valence-electron chi connectivity index (χ0n) is 33.1. The van der Waals surface area contributed by atoms with Gasteiger partial charge in [0.05, 0.1) is 23.0 Å². The van der Waals surface area contributed by atoms with Crippen LogP contribution in [0.5, 0.6) is 5.88 Å². The molecule has 2 aromatic carbocycles. The summed E-state index contributed by atoms with van der Waals surface area (Å²) in [6.45, 7) is -0.0676. The van der Waals surface area contributed by atoms with E-state index in [1.807, 2.05) is 36.4 Å². The molecule has 4 aromatic rings. The van der Waals surface area contributed by atoms with Crippen molar-refractivity contribution in [2.24, 2.45) is 5.92 Å². The summed E-state index contributed by atoms with van der Waals surface area (Å²) in [6, 6.07) is 12.8. The predicted octanol–water partition coefficient (Wildman–Crippen LogP) is 5.08. The van der Waals surface area contributed by atoms with Crippen LogP contribution in [0.1, 0.15) is 83.5 Å². The highest BCUT2D eigenvalue weighted by atomic mass is 32.2. The van der Waals surface area contributed by atoms with E-state index in [0.717, 1.165) is 43.9 Å². The van der Waals surface area contributed by atoms with Crippen LogP contribution in [0.4, 0.5) is 9.18 Å². The van der Waals surface area contributed by atoms with Crippen molar-refractivity contribution in [3.05, 3.63) is 72.6 Å². The molecule has 5 aliphatic rings. The van der Waals surface area contributed by atoms with Crippen LogP contribution in [-0.2, 0) is 29.1 Å². The van der Waals surface area contributed by atoms with Crippen molar-refractivity contribution in [2.75, 3.05) is 6.54 Å². The highest BCUT2D eigenvalue weighted by molar-refractivity contribution is 7.91. The Morgan fingerprint density at radius 2 is 1.70 bits per heavy atom. The van der Waals surface area contributed by atoms with Crippen LogP contribution >= 0.6 is 0 Å². The van der Waals surface area contributed by atoms with E-state index in [1.165, 1.54) is 17.0 Å². The standard InChI is InChI=1S/C43H48FN7O8S/c44-28-18-16-26(17-19-28)35-23-37(51-38(45-35)32-13-8-9-14-33(32)48-51)58-30-22-36-39(52)47-43(41(54)49-60(56,57)31-20-21-31)24-27(43)10-4-2-1-3-5-15-34(40(53)50(36)25-30)46-42(55)59-29-11-6-7-12-29/h4,8-10,13-14,16-19,23,27,29-31,34,36H,1-3,5-7,11-12,15,20-22,24-25H2,(H,46,55)(H,47,52)(H,49,54)/b10-4-/t27-,30-,34-,36+,43-/m1/s1. The highest BCUT2D eigenvalue weighted by Crippen LogP contribution is 2.46. The third-order valence-corrected chi connectivity index (χ3v) is 14.2. The lowest BCUT2D eigenvalue weighted by Crippen LogP contribution is -2.58. The SMILES string of the molecule is O=C(N[C@@H]1CCCCC/C=C\[C@@H]2C[C@@]2(C(=O)NS(=O)(=O)C2CC2)NC(=O)[C@@H]2C[C@@H](Oc3cc(-c4ccc(F)cc4)nc4c5ccccc5nn34)CN2C1=O)OC1CCCC1. The average molecular weight is 842 g/mol. The molecule has 4 amide bonds. The summed E-state index contributed by atoms with van der Waals surface area (Å²) in [5.74, 6) is -2.56. The Balaban J connectivity index is 1.05. The molecule has 4 heterocycles. The van der Waals surface area contributed by atoms with Gasteiger partial charge < -0.3 is 25.0 Å². The summed E-state index contributed by atoms with van der Waals surface area (Å²) in [7, 11) is -3.92. The second-order valence-electron chi connectivity index (χ2n) is 16.7. The summed E-state index contributed by atoms with van der Waals surface area (Å²) < 4.78 is 56.0. The van der Waals surface area contributed by atoms with Gasteiger partial charge in [0.15, 0.2) is 5.65 Å². The van der Waals surface area contributed by atoms with E-state index in [2.05, 4.69) is 15.4 Å². The van der Waals surface area contributed by atoms with Crippen molar-refractivity contribution in [1.29, 1.82) is 0 Å². The molecule has 0 bridgehead atoms. The first-order chi connectivity index (χ1) is 29.0. The smallest absolute Gasteiger partial charge is 0.408 e. The Hall–Kier alpha value is -5.58. The molecular formula is C43H48FN7O8S. The van der Waals surface area contributed by atoms with E-state index in [0.29, 0.717) is 54.5 Å². The second kappa shape index (κ2) is 16.1. The number of amides is 4. The fourth-order valence-corrected chi connectivity index (χ4v) is 10.2. The summed E-state index contributed by atoms with van der Waals surface area (Å²) in [5.41, 5.74) is 0.704. The molecule has 3 aliphatic carbocycles. The van der Waals surface area contributed by atoms with Crippen molar-refractivity contribution in [1.82, 2.24) is 34.9 Å². The summed E-state index contributed by atoms with van der Waals surface area (Å²) in [6.07, 6.45) is 9.73. The number of alkyl carbamates (subject to hydrolysis) is 1. The lowest BCUT2D eigenvalue weighted by molar-refractivity contribution is -0.141. The lowest BCUT2D eigenvalue weighted by Gasteiger charge is -2.30. The number of halogens is 1. The first-order valence-corrected chi connectivity index (χ1v) is 22.6. The minimum Gasteiger partial charge on any atom is -0.472 e. The van der Waals surface area contributed by atoms with Gasteiger partial charge in [0, 0.05) is 29.4 Å². The van der Waals surface area contributed by atoms with Gasteiger partial charge in [0.2, 0.25) is 27.7 Å². The molecule has 1 saturated heterocycles. The van der Waals surface area contributed by atoms with Crippen molar-refractivity contribution in [3.8, 4) is 17.1 Å². The molecule has 60 heavy (non-hydrogen) atoms. The number of rotatable bonds is 8. The monoisotopic (exact) mass is 841 g/mol. The van der Waals surface area contributed by atoms with Gasteiger partial charge in [-0.2, -0.15) is 9.61 Å². The molecule has 0 radical (unpaired) electrons. The highest BCUT2D eigenvalue weighted by Gasteiger charge is 2.62. The number of aromatic nitrogens is 3. The van der Waals surface area contributed by atoms with Crippen LogP contribution in [-0.4, -0.2) is 93.4 Å². The van der Waals surface area contributed by atoms with Gasteiger partial charge in [-0.25, -0.2) is 22.6 Å². The number of nitrogens with zero attached hydrogens (tertiary/aromatic N) is 4. The molecule has 9 rings (SSSR count). The normalized spacial score (nSPS) is 27.0. The maximum absolute atomic E-state index is 14.7. The Bertz CT molecular complexity index is 2470. The maximum atomic E-state index is 14.7. The first kappa shape index (κ1) is 39.9. The third-order valence-electron chi connectivity index (χ3n) is 12.4. The molecule has 316 valence electrons. The van der Waals surface area contributed by atoms with Gasteiger partial charge >= 0.3 is 6.09 Å². The lowest BCUT2D eigenvalue weighted by atomic mass is 10.0. The fourth-order valence-electron chi connectivity index (χ4n) is 8.81. The van der Waals surface area contributed by atoms with Crippen LogP contribution in [0, 0.1) is 11.7 Å². The van der Waals surface area contributed by atoms with Crippen LogP contribution in [0.15, 0.2) is 66.7 Å². The molecule has 3 N–H and O–H groups in total. The number of nitrogens with one attached hydrogen (secondary N) is 3. The molecule has 0 unspecified atom stereocenters. The molecule has 5 atom stereocenters. The van der Waals surface area contributed by atoms with Crippen molar-refractivity contribution < 1.29 is 41.5 Å². The van der Waals surface area contributed by atoms with Crippen LogP contribution in [0.3, 0.4) is 0 Å². The summed E-state index contributed by atoms with van der Waals surface area (Å²) in [5, 5.41) is 10.6. The van der Waals surface area contributed by atoms with E-state index in [9.17, 15) is 32.0 Å². The summed E-state index contributed by atoms with van der Waals surface area (Å²) >= 11 is 0. The zero-order chi connectivity index (χ0) is 41.6. The van der Waals surface area contributed by atoms with Crippen LogP contribution in [0.25, 0.3) is 27.8 Å². The van der Waals surface area contributed by atoms with Gasteiger partial charge in [-0.1, -0.05) is 37.1 Å². The Morgan fingerprint density at radius 1 is 0.933 bits per heavy atom. The molecule has 15 nitrogen and oxygen atoms in total. The van der Waals surface area contributed by atoms with E-state index in [1.54, 1.807) is 22.7 Å². The number of ether oxygens (including phenoxy) is 2. The molecule has 3 saturated carbocycles. The van der Waals surface area contributed by atoms with Crippen molar-refractivity contribution >= 4 is 50.4 Å². The number of carbonyl (C=O) groups is 4. The molecule has 2 aromatic heterocycles. The van der Waals surface area contributed by atoms with Gasteiger partial charge in [0.1, 0.15) is 35.6 Å². The van der Waals surface area contributed by atoms with Gasteiger partial charge in [-0.3, -0.25) is 19.1 Å². The quantitative estimate of drug-likeness (QED) is 0.202. The number of allylic oxidation sites excluding steroid dienone is 1. The number of benzene rings is 2. The maximum Gasteiger partial charge on any atom is 0.408 e. The number of hydrogen-bond acceptors (Lipinski definition) is 10. The number of sulfonamides is 1. The Morgan fingerprint density at radius 3 is 2.48 bits per heavy atom. The minimum atomic E-state index is -3.92. The van der Waals surface area contributed by atoms with E-state index >= 15 is 0 Å². The number of hydrogen-bond donors (Lipinski definition) is 3. The van der Waals surface area contributed by atoms with Gasteiger partial charge in [0.25, 0.3) is 5.91 Å². The molecule has 4 fully saturated rings. The zero-order valence-corrected chi connectivity index (χ0v) is 33.9. The summed E-state index contributed by atoms with van der Waals surface area (Å²) in [4.78, 5) is 62.7. The number of carbonyl (C=O) groups excluding carboxylic acids is 4. The molecule has 2 aliphatic heterocycles. The molecule has 17 heteroatoms. The first-order valence-electron chi connectivity index (χ1n) is 21.0. The predicted molar refractivity (Wildman–Crippen MR) is 217 cm³/mol. The van der Waals surface area contributed by atoms with Gasteiger partial charge in [-0.15, -0.1) is 0 Å². The van der Waals surface area contributed by atoms with Crippen LogP contribution < -0.4 is 20.1 Å². The molecular weight excluding hydrogens is 794 g/mol. The van der Waals surface area contributed by atoms with E-state index in [-0.39, 0.29) is 31.4 Å². The molecule has 0 spiro atoms. The van der Waals surface area contributed by atoms with Crippen molar-refractivity contribution in [3.63, 3.8) is 0 Å². The minimum absolute atomic E-state index is 0.00806. The topological polar surface area (TPSA) is 190 Å². The third kappa shape index (κ3) is 8.15. The second-order valence-corrected chi connectivity index (χ2v) is 18.7. The van der Waals surface area contributed by atoms with Crippen LogP contribution in [0.2, 0.25) is 0 Å². The van der Waals surface area contributed by atoms with Gasteiger partial charge in [-0.05, 0) is 101 Å². The number of fused-ring (bicyclic) bond motifs is 5. The largest absolute Gasteiger partial charge is 0.472 e.